The number of phenolic OH excluding ortho intramolecular Hbond substituents is 1. The van der Waals surface area contributed by atoms with Crippen LogP contribution in [0.1, 0.15) is 11.1 Å². The van der Waals surface area contributed by atoms with Gasteiger partial charge in [-0.2, -0.15) is 5.10 Å². The number of aromatic nitrogens is 2. The standard InChI is InChI=1S/C19H18N2O3/c1-11-7-14(17(22)8-12(11)2)16-10-15(20-21-16)13-3-4-18-19(9-13)24-6-5-23-18/h3-4,7-10,22H,5-6H2,1-2H3,(H,20,21). The van der Waals surface area contributed by atoms with E-state index in [1.54, 1.807) is 6.07 Å². The summed E-state index contributed by atoms with van der Waals surface area (Å²) in [6.45, 7) is 5.13. The molecule has 4 rings (SSSR count). The summed E-state index contributed by atoms with van der Waals surface area (Å²) in [4.78, 5) is 0. The fraction of sp³-hybridized carbons (Fsp3) is 0.211. The van der Waals surface area contributed by atoms with Gasteiger partial charge >= 0.3 is 0 Å². The Morgan fingerprint density at radius 2 is 1.71 bits per heavy atom. The monoisotopic (exact) mass is 322 g/mol. The molecule has 0 atom stereocenters. The number of H-pyrrole nitrogens is 1. The molecule has 0 unspecified atom stereocenters. The first-order valence-electron chi connectivity index (χ1n) is 7.88. The molecule has 0 radical (unpaired) electrons. The molecule has 0 fully saturated rings. The minimum absolute atomic E-state index is 0.246. The lowest BCUT2D eigenvalue weighted by Gasteiger charge is -2.18. The molecule has 5 nitrogen and oxygen atoms in total. The van der Waals surface area contributed by atoms with E-state index in [1.807, 2.05) is 44.2 Å². The van der Waals surface area contributed by atoms with Gasteiger partial charge in [0.05, 0.1) is 11.4 Å². The third-order valence-electron chi connectivity index (χ3n) is 4.32. The van der Waals surface area contributed by atoms with E-state index in [-0.39, 0.29) is 5.75 Å². The second-order valence-corrected chi connectivity index (χ2v) is 5.98. The predicted molar refractivity (Wildman–Crippen MR) is 91.6 cm³/mol. The molecule has 0 aliphatic carbocycles. The summed E-state index contributed by atoms with van der Waals surface area (Å²) in [7, 11) is 0. The minimum atomic E-state index is 0.246. The van der Waals surface area contributed by atoms with Gasteiger partial charge in [0.1, 0.15) is 19.0 Å². The van der Waals surface area contributed by atoms with Crippen LogP contribution in [0.4, 0.5) is 0 Å². The smallest absolute Gasteiger partial charge is 0.162 e. The van der Waals surface area contributed by atoms with E-state index in [0.717, 1.165) is 45.1 Å². The van der Waals surface area contributed by atoms with Gasteiger partial charge in [0.15, 0.2) is 11.5 Å². The maximum Gasteiger partial charge on any atom is 0.162 e. The van der Waals surface area contributed by atoms with E-state index in [9.17, 15) is 5.11 Å². The number of aromatic amines is 1. The van der Waals surface area contributed by atoms with Crippen LogP contribution in [-0.4, -0.2) is 28.5 Å². The number of hydrogen-bond donors (Lipinski definition) is 2. The van der Waals surface area contributed by atoms with Crippen LogP contribution in [0, 0.1) is 13.8 Å². The quantitative estimate of drug-likeness (QED) is 0.752. The highest BCUT2D eigenvalue weighted by Crippen LogP contribution is 2.36. The van der Waals surface area contributed by atoms with Crippen molar-refractivity contribution in [2.45, 2.75) is 13.8 Å². The molecule has 1 aliphatic heterocycles. The van der Waals surface area contributed by atoms with Crippen LogP contribution in [0.5, 0.6) is 17.2 Å². The number of nitrogens with one attached hydrogen (secondary N) is 1. The molecular weight excluding hydrogens is 304 g/mol. The van der Waals surface area contributed by atoms with Gasteiger partial charge in [0.2, 0.25) is 0 Å². The molecule has 0 saturated heterocycles. The molecule has 0 spiro atoms. The van der Waals surface area contributed by atoms with Crippen LogP contribution in [0.2, 0.25) is 0 Å². The van der Waals surface area contributed by atoms with E-state index < -0.39 is 0 Å². The topological polar surface area (TPSA) is 67.4 Å². The molecular formula is C19H18N2O3. The van der Waals surface area contributed by atoms with E-state index in [0.29, 0.717) is 13.2 Å². The van der Waals surface area contributed by atoms with E-state index in [4.69, 9.17) is 9.47 Å². The van der Waals surface area contributed by atoms with Crippen molar-refractivity contribution in [3.05, 3.63) is 47.5 Å². The normalized spacial score (nSPS) is 13.1. The number of aromatic hydroxyl groups is 1. The molecule has 5 heteroatoms. The second-order valence-electron chi connectivity index (χ2n) is 5.98. The number of fused-ring (bicyclic) bond motifs is 1. The van der Waals surface area contributed by atoms with E-state index in [1.165, 1.54) is 0 Å². The second kappa shape index (κ2) is 5.60. The third-order valence-corrected chi connectivity index (χ3v) is 4.32. The van der Waals surface area contributed by atoms with Crippen molar-refractivity contribution in [3.8, 4) is 39.8 Å². The molecule has 1 aliphatic rings. The fourth-order valence-corrected chi connectivity index (χ4v) is 2.83. The van der Waals surface area contributed by atoms with Gasteiger partial charge in [-0.05, 0) is 61.4 Å². The third kappa shape index (κ3) is 2.48. The van der Waals surface area contributed by atoms with Crippen LogP contribution in [0.15, 0.2) is 36.4 Å². The molecule has 3 aromatic rings. The van der Waals surface area contributed by atoms with Gasteiger partial charge in [-0.3, -0.25) is 5.10 Å². The fourth-order valence-electron chi connectivity index (χ4n) is 2.83. The van der Waals surface area contributed by atoms with Crippen molar-refractivity contribution >= 4 is 0 Å². The average Bonchev–Trinajstić information content (AvgIpc) is 3.07. The van der Waals surface area contributed by atoms with Crippen LogP contribution in [-0.2, 0) is 0 Å². The Balaban J connectivity index is 1.72. The van der Waals surface area contributed by atoms with Gasteiger partial charge in [0.25, 0.3) is 0 Å². The van der Waals surface area contributed by atoms with Gasteiger partial charge in [-0.1, -0.05) is 0 Å². The number of nitrogens with zero attached hydrogens (tertiary/aromatic N) is 1. The van der Waals surface area contributed by atoms with Crippen LogP contribution in [0.25, 0.3) is 22.5 Å². The zero-order chi connectivity index (χ0) is 16.7. The summed E-state index contributed by atoms with van der Waals surface area (Å²) in [5.41, 5.74) is 5.43. The van der Waals surface area contributed by atoms with Crippen LogP contribution >= 0.6 is 0 Å². The number of benzene rings is 2. The van der Waals surface area contributed by atoms with E-state index >= 15 is 0 Å². The van der Waals surface area contributed by atoms with Crippen molar-refractivity contribution in [1.82, 2.24) is 10.2 Å². The van der Waals surface area contributed by atoms with Gasteiger partial charge in [-0.15, -0.1) is 0 Å². The summed E-state index contributed by atoms with van der Waals surface area (Å²) in [6, 6.07) is 11.4. The minimum Gasteiger partial charge on any atom is -0.507 e. The van der Waals surface area contributed by atoms with Crippen LogP contribution in [0.3, 0.4) is 0 Å². The lowest BCUT2D eigenvalue weighted by atomic mass is 10.0. The highest BCUT2D eigenvalue weighted by molar-refractivity contribution is 5.74. The van der Waals surface area contributed by atoms with Crippen molar-refractivity contribution in [1.29, 1.82) is 0 Å². The Bertz CT molecular complexity index is 915. The molecule has 0 saturated carbocycles. The predicted octanol–water partition coefficient (Wildman–Crippen LogP) is 3.84. The first-order chi connectivity index (χ1) is 11.6. The Labute approximate surface area is 139 Å². The van der Waals surface area contributed by atoms with Gasteiger partial charge in [0, 0.05) is 11.1 Å². The largest absolute Gasteiger partial charge is 0.507 e. The first-order valence-corrected chi connectivity index (χ1v) is 7.88. The van der Waals surface area contributed by atoms with Gasteiger partial charge < -0.3 is 14.6 Å². The maximum absolute atomic E-state index is 10.2. The number of phenols is 1. The van der Waals surface area contributed by atoms with E-state index in [2.05, 4.69) is 10.2 Å². The number of rotatable bonds is 2. The molecule has 1 aromatic heterocycles. The molecule has 2 heterocycles. The molecule has 2 aromatic carbocycles. The Morgan fingerprint density at radius 3 is 2.54 bits per heavy atom. The SMILES string of the molecule is Cc1cc(O)c(-c2cc(-c3ccc4c(c3)OCCO4)n[nH]2)cc1C. The zero-order valence-corrected chi connectivity index (χ0v) is 13.6. The Kier molecular flexibility index (Phi) is 3.41. The highest BCUT2D eigenvalue weighted by Gasteiger charge is 2.15. The molecule has 2 N–H and O–H groups in total. The summed E-state index contributed by atoms with van der Waals surface area (Å²) >= 11 is 0. The lowest BCUT2D eigenvalue weighted by Crippen LogP contribution is -2.15. The summed E-state index contributed by atoms with van der Waals surface area (Å²) in [6.07, 6.45) is 0. The molecule has 0 bridgehead atoms. The molecule has 0 amide bonds. The first kappa shape index (κ1) is 14.6. The van der Waals surface area contributed by atoms with Crippen molar-refractivity contribution in [2.24, 2.45) is 0 Å². The Hall–Kier alpha value is -2.95. The van der Waals surface area contributed by atoms with Gasteiger partial charge in [-0.25, -0.2) is 0 Å². The lowest BCUT2D eigenvalue weighted by molar-refractivity contribution is 0.171. The molecule has 122 valence electrons. The van der Waals surface area contributed by atoms with Crippen molar-refractivity contribution < 1.29 is 14.6 Å². The molecule has 24 heavy (non-hydrogen) atoms. The van der Waals surface area contributed by atoms with Crippen molar-refractivity contribution in [2.75, 3.05) is 13.2 Å². The summed E-state index contributed by atoms with van der Waals surface area (Å²) in [5, 5.41) is 17.6. The van der Waals surface area contributed by atoms with Crippen LogP contribution < -0.4 is 9.47 Å². The highest BCUT2D eigenvalue weighted by atomic mass is 16.6. The number of aryl methyl sites for hydroxylation is 2. The number of hydrogen-bond acceptors (Lipinski definition) is 4. The average molecular weight is 322 g/mol. The zero-order valence-electron chi connectivity index (χ0n) is 13.6. The summed E-state index contributed by atoms with van der Waals surface area (Å²) < 4.78 is 11.2. The summed E-state index contributed by atoms with van der Waals surface area (Å²) in [5.74, 6) is 1.74. The maximum atomic E-state index is 10.2. The Morgan fingerprint density at radius 1 is 0.958 bits per heavy atom. The number of ether oxygens (including phenoxy) is 2. The van der Waals surface area contributed by atoms with Crippen molar-refractivity contribution in [3.63, 3.8) is 0 Å².